The van der Waals surface area contributed by atoms with Gasteiger partial charge in [-0.25, -0.2) is 8.42 Å². The molecule has 6 nitrogen and oxygen atoms in total. The first-order valence-electron chi connectivity index (χ1n) is 9.04. The molecule has 1 aromatic rings. The largest absolute Gasteiger partial charge is 0.340 e. The molecule has 2 aliphatic rings. The Labute approximate surface area is 160 Å². The second-order valence-electron chi connectivity index (χ2n) is 6.98. The molecule has 0 radical (unpaired) electrons. The van der Waals surface area contributed by atoms with Gasteiger partial charge >= 0.3 is 0 Å². The number of hydrogen-bond acceptors (Lipinski definition) is 5. The number of carbonyl (C=O) groups is 1. The smallest absolute Gasteiger partial charge is 0.243 e. The summed E-state index contributed by atoms with van der Waals surface area (Å²) in [6.45, 7) is 6.30. The first-order chi connectivity index (χ1) is 12.4. The number of aryl methyl sites for hydroxylation is 2. The lowest BCUT2D eigenvalue weighted by Crippen LogP contribution is -2.52. The van der Waals surface area contributed by atoms with E-state index in [-0.39, 0.29) is 11.9 Å². The van der Waals surface area contributed by atoms with Crippen LogP contribution in [-0.2, 0) is 14.8 Å². The molecule has 8 heteroatoms. The Bertz CT molecular complexity index is 753. The minimum absolute atomic E-state index is 0.119. The maximum absolute atomic E-state index is 13.0. The predicted molar refractivity (Wildman–Crippen MR) is 105 cm³/mol. The molecule has 26 heavy (non-hydrogen) atoms. The van der Waals surface area contributed by atoms with Crippen LogP contribution >= 0.6 is 11.8 Å². The molecule has 1 atom stereocenters. The summed E-state index contributed by atoms with van der Waals surface area (Å²) >= 11 is 1.87. The molecule has 2 heterocycles. The number of carbonyl (C=O) groups excluding carboxylic acids is 1. The van der Waals surface area contributed by atoms with Crippen LogP contribution in [0.5, 0.6) is 0 Å². The Morgan fingerprint density at radius 2 is 1.96 bits per heavy atom. The summed E-state index contributed by atoms with van der Waals surface area (Å²) in [5.41, 5.74) is 1.69. The first-order valence-corrected chi connectivity index (χ1v) is 11.6. The molecule has 2 fully saturated rings. The van der Waals surface area contributed by atoms with Crippen molar-refractivity contribution in [3.05, 3.63) is 29.3 Å². The van der Waals surface area contributed by atoms with Gasteiger partial charge in [0.1, 0.15) is 0 Å². The Morgan fingerprint density at radius 3 is 2.62 bits per heavy atom. The summed E-state index contributed by atoms with van der Waals surface area (Å²) in [6.07, 6.45) is 0.497. The first kappa shape index (κ1) is 19.7. The van der Waals surface area contributed by atoms with Crippen molar-refractivity contribution < 1.29 is 13.2 Å². The SMILES string of the molecule is Cc1ccc(C)c(S(=O)(=O)N2CCN(C(=O)CC3CSCCN3)CC2)c1. The van der Waals surface area contributed by atoms with Crippen molar-refractivity contribution in [2.75, 3.05) is 44.2 Å². The number of piperazine rings is 1. The standard InChI is InChI=1S/C18H27N3O3S2/c1-14-3-4-15(2)17(11-14)26(23,24)21-8-6-20(7-9-21)18(22)12-16-13-25-10-5-19-16/h3-4,11,16,19H,5-10,12-13H2,1-2H3. The van der Waals surface area contributed by atoms with Crippen molar-refractivity contribution in [3.63, 3.8) is 0 Å². The van der Waals surface area contributed by atoms with E-state index >= 15 is 0 Å². The normalized spacial score (nSPS) is 22.4. The summed E-state index contributed by atoms with van der Waals surface area (Å²) in [5.74, 6) is 2.18. The summed E-state index contributed by atoms with van der Waals surface area (Å²) in [4.78, 5) is 14.7. The molecule has 0 bridgehead atoms. The van der Waals surface area contributed by atoms with Crippen LogP contribution in [0.25, 0.3) is 0 Å². The molecular formula is C18H27N3O3S2. The highest BCUT2D eigenvalue weighted by atomic mass is 32.2. The average molecular weight is 398 g/mol. The Hall–Kier alpha value is -1.09. The van der Waals surface area contributed by atoms with E-state index in [0.29, 0.717) is 37.5 Å². The van der Waals surface area contributed by atoms with Crippen LogP contribution in [0, 0.1) is 13.8 Å². The van der Waals surface area contributed by atoms with Gasteiger partial charge in [-0.2, -0.15) is 16.1 Å². The van der Waals surface area contributed by atoms with E-state index in [1.807, 2.05) is 37.7 Å². The molecule has 0 aliphatic carbocycles. The molecule has 2 saturated heterocycles. The number of nitrogens with zero attached hydrogens (tertiary/aromatic N) is 2. The molecule has 3 rings (SSSR count). The fraction of sp³-hybridized carbons (Fsp3) is 0.611. The van der Waals surface area contributed by atoms with Crippen molar-refractivity contribution in [1.82, 2.24) is 14.5 Å². The van der Waals surface area contributed by atoms with Gasteiger partial charge in [-0.05, 0) is 31.0 Å². The van der Waals surface area contributed by atoms with Crippen LogP contribution in [0.1, 0.15) is 17.5 Å². The van der Waals surface area contributed by atoms with Crippen molar-refractivity contribution in [2.24, 2.45) is 0 Å². The molecule has 1 unspecified atom stereocenters. The topological polar surface area (TPSA) is 69.7 Å². The molecule has 1 N–H and O–H groups in total. The van der Waals surface area contributed by atoms with Gasteiger partial charge in [0.25, 0.3) is 0 Å². The van der Waals surface area contributed by atoms with Gasteiger partial charge < -0.3 is 10.2 Å². The average Bonchev–Trinajstić information content (AvgIpc) is 2.64. The zero-order valence-corrected chi connectivity index (χ0v) is 17.0. The third-order valence-corrected chi connectivity index (χ3v) is 8.14. The summed E-state index contributed by atoms with van der Waals surface area (Å²) in [7, 11) is -3.51. The zero-order chi connectivity index (χ0) is 18.7. The van der Waals surface area contributed by atoms with Crippen LogP contribution < -0.4 is 5.32 Å². The highest BCUT2D eigenvalue weighted by Gasteiger charge is 2.31. The Morgan fingerprint density at radius 1 is 1.23 bits per heavy atom. The van der Waals surface area contributed by atoms with E-state index in [0.717, 1.165) is 29.2 Å². The fourth-order valence-electron chi connectivity index (χ4n) is 3.39. The van der Waals surface area contributed by atoms with E-state index in [2.05, 4.69) is 5.32 Å². The van der Waals surface area contributed by atoms with Crippen LogP contribution in [0.15, 0.2) is 23.1 Å². The Kier molecular flexibility index (Phi) is 6.27. The minimum atomic E-state index is -3.51. The monoisotopic (exact) mass is 397 g/mol. The lowest BCUT2D eigenvalue weighted by Gasteiger charge is -2.35. The summed E-state index contributed by atoms with van der Waals surface area (Å²) in [5, 5.41) is 3.38. The van der Waals surface area contributed by atoms with Gasteiger partial charge in [0.05, 0.1) is 4.90 Å². The number of rotatable bonds is 4. The number of sulfonamides is 1. The number of nitrogens with one attached hydrogen (secondary N) is 1. The minimum Gasteiger partial charge on any atom is -0.340 e. The molecule has 1 aromatic carbocycles. The third kappa shape index (κ3) is 4.42. The molecule has 2 aliphatic heterocycles. The van der Waals surface area contributed by atoms with Gasteiger partial charge in [-0.3, -0.25) is 4.79 Å². The lowest BCUT2D eigenvalue weighted by molar-refractivity contribution is -0.132. The van der Waals surface area contributed by atoms with Gasteiger partial charge in [-0.15, -0.1) is 0 Å². The van der Waals surface area contributed by atoms with E-state index in [9.17, 15) is 13.2 Å². The van der Waals surface area contributed by atoms with Crippen LogP contribution in [0.3, 0.4) is 0 Å². The highest BCUT2D eigenvalue weighted by Crippen LogP contribution is 2.22. The number of amides is 1. The van der Waals surface area contributed by atoms with E-state index in [4.69, 9.17) is 0 Å². The summed E-state index contributed by atoms with van der Waals surface area (Å²) in [6, 6.07) is 5.73. The maximum atomic E-state index is 13.0. The molecule has 0 spiro atoms. The Balaban J connectivity index is 1.60. The number of thioether (sulfide) groups is 1. The highest BCUT2D eigenvalue weighted by molar-refractivity contribution is 7.99. The molecule has 1 amide bonds. The van der Waals surface area contributed by atoms with Crippen molar-refractivity contribution >= 4 is 27.7 Å². The van der Waals surface area contributed by atoms with E-state index in [1.54, 1.807) is 11.0 Å². The van der Waals surface area contributed by atoms with E-state index in [1.165, 1.54) is 4.31 Å². The summed E-state index contributed by atoms with van der Waals surface area (Å²) < 4.78 is 27.4. The van der Waals surface area contributed by atoms with Crippen molar-refractivity contribution in [1.29, 1.82) is 0 Å². The maximum Gasteiger partial charge on any atom is 0.243 e. The second kappa shape index (κ2) is 8.29. The number of hydrogen-bond donors (Lipinski definition) is 1. The molecule has 0 saturated carbocycles. The van der Waals surface area contributed by atoms with Gasteiger partial charge in [-0.1, -0.05) is 12.1 Å². The predicted octanol–water partition coefficient (Wildman–Crippen LogP) is 1.23. The quantitative estimate of drug-likeness (QED) is 0.828. The lowest BCUT2D eigenvalue weighted by atomic mass is 10.2. The number of benzene rings is 1. The van der Waals surface area contributed by atoms with E-state index < -0.39 is 10.0 Å². The van der Waals surface area contributed by atoms with Crippen molar-refractivity contribution in [3.8, 4) is 0 Å². The second-order valence-corrected chi connectivity index (χ2v) is 10.0. The zero-order valence-electron chi connectivity index (χ0n) is 15.4. The van der Waals surface area contributed by atoms with Gasteiger partial charge in [0.15, 0.2) is 0 Å². The van der Waals surface area contributed by atoms with Gasteiger partial charge in [0.2, 0.25) is 15.9 Å². The molecule has 144 valence electrons. The third-order valence-electron chi connectivity index (χ3n) is 4.97. The van der Waals surface area contributed by atoms with Gasteiger partial charge in [0, 0.05) is 56.7 Å². The fourth-order valence-corrected chi connectivity index (χ4v) is 6.07. The molecular weight excluding hydrogens is 370 g/mol. The van der Waals surface area contributed by atoms with Crippen LogP contribution in [0.2, 0.25) is 0 Å². The van der Waals surface area contributed by atoms with Crippen LogP contribution in [-0.4, -0.2) is 73.8 Å². The van der Waals surface area contributed by atoms with Crippen LogP contribution in [0.4, 0.5) is 0 Å². The molecule has 0 aromatic heterocycles. The van der Waals surface area contributed by atoms with Crippen molar-refractivity contribution in [2.45, 2.75) is 31.2 Å².